The Bertz CT molecular complexity index is 1240. The van der Waals surface area contributed by atoms with E-state index in [1.807, 2.05) is 4.90 Å². The molecule has 0 atom stereocenters. The van der Waals surface area contributed by atoms with Crippen molar-refractivity contribution in [2.24, 2.45) is 0 Å². The van der Waals surface area contributed by atoms with E-state index in [1.165, 1.54) is 40.7 Å². The zero-order chi connectivity index (χ0) is 24.1. The second-order valence-corrected chi connectivity index (χ2v) is 9.97. The van der Waals surface area contributed by atoms with Gasteiger partial charge in [-0.2, -0.15) is 4.31 Å². The highest BCUT2D eigenvalue weighted by molar-refractivity contribution is 7.89. The molecule has 1 aliphatic heterocycles. The molecule has 6 nitrogen and oxygen atoms in total. The van der Waals surface area contributed by atoms with Gasteiger partial charge in [0, 0.05) is 44.0 Å². The molecule has 4 rings (SSSR count). The van der Waals surface area contributed by atoms with E-state index in [-0.39, 0.29) is 41.1 Å². The predicted octanol–water partition coefficient (Wildman–Crippen LogP) is 3.45. The standard InChI is InChI=1S/C25H25F2N3O3S/c26-21-6-4-19(5-7-21)12-13-28-25(31)20-2-1-3-24(18-20)34(32,33)30-16-14-29(15-17-30)23-10-8-22(27)9-11-23/h1-11,18H,12-17H2,(H,28,31). The van der Waals surface area contributed by atoms with Crippen LogP contribution < -0.4 is 10.2 Å². The first-order valence-electron chi connectivity index (χ1n) is 11.0. The van der Waals surface area contributed by atoms with Crippen molar-refractivity contribution in [1.82, 2.24) is 9.62 Å². The maximum atomic E-state index is 13.2. The Labute approximate surface area is 197 Å². The van der Waals surface area contributed by atoms with Gasteiger partial charge in [-0.15, -0.1) is 0 Å². The van der Waals surface area contributed by atoms with Gasteiger partial charge in [0.1, 0.15) is 11.6 Å². The number of benzene rings is 3. The molecule has 0 unspecified atom stereocenters. The first-order valence-corrected chi connectivity index (χ1v) is 12.4. The highest BCUT2D eigenvalue weighted by Crippen LogP contribution is 2.22. The van der Waals surface area contributed by atoms with Crippen LogP contribution in [-0.4, -0.2) is 51.4 Å². The minimum atomic E-state index is -3.77. The maximum absolute atomic E-state index is 13.2. The van der Waals surface area contributed by atoms with Gasteiger partial charge >= 0.3 is 0 Å². The number of carbonyl (C=O) groups is 1. The molecule has 34 heavy (non-hydrogen) atoms. The lowest BCUT2D eigenvalue weighted by atomic mass is 10.1. The summed E-state index contributed by atoms with van der Waals surface area (Å²) in [7, 11) is -3.77. The van der Waals surface area contributed by atoms with Crippen LogP contribution in [-0.2, 0) is 16.4 Å². The smallest absolute Gasteiger partial charge is 0.251 e. The van der Waals surface area contributed by atoms with Crippen molar-refractivity contribution < 1.29 is 22.0 Å². The average molecular weight is 486 g/mol. The van der Waals surface area contributed by atoms with Gasteiger partial charge in [0.05, 0.1) is 4.90 Å². The Morgan fingerprint density at radius 1 is 0.853 bits per heavy atom. The van der Waals surface area contributed by atoms with Crippen LogP contribution in [0.1, 0.15) is 15.9 Å². The molecule has 1 aliphatic rings. The van der Waals surface area contributed by atoms with E-state index >= 15 is 0 Å². The number of halogens is 2. The van der Waals surface area contributed by atoms with E-state index in [1.54, 1.807) is 36.4 Å². The Hall–Kier alpha value is -3.30. The molecule has 3 aromatic rings. The molecule has 3 aromatic carbocycles. The summed E-state index contributed by atoms with van der Waals surface area (Å²) in [4.78, 5) is 14.6. The Morgan fingerprint density at radius 3 is 2.12 bits per heavy atom. The van der Waals surface area contributed by atoms with Gasteiger partial charge in [0.15, 0.2) is 0 Å². The summed E-state index contributed by atoms with van der Waals surface area (Å²) < 4.78 is 53.9. The van der Waals surface area contributed by atoms with Crippen LogP contribution in [0.3, 0.4) is 0 Å². The lowest BCUT2D eigenvalue weighted by molar-refractivity contribution is 0.0954. The van der Waals surface area contributed by atoms with Gasteiger partial charge in [-0.3, -0.25) is 4.79 Å². The maximum Gasteiger partial charge on any atom is 0.251 e. The zero-order valence-electron chi connectivity index (χ0n) is 18.5. The molecule has 9 heteroatoms. The summed E-state index contributed by atoms with van der Waals surface area (Å²) in [5.41, 5.74) is 1.99. The number of sulfonamides is 1. The second kappa shape index (κ2) is 10.3. The minimum Gasteiger partial charge on any atom is -0.369 e. The summed E-state index contributed by atoms with van der Waals surface area (Å²) in [6.45, 7) is 1.87. The quantitative estimate of drug-likeness (QED) is 0.557. The number of anilines is 1. The SMILES string of the molecule is O=C(NCCc1ccc(F)cc1)c1cccc(S(=O)(=O)N2CCN(c3ccc(F)cc3)CC2)c1. The molecular weight excluding hydrogens is 460 g/mol. The summed E-state index contributed by atoms with van der Waals surface area (Å²) in [5, 5.41) is 2.77. The number of nitrogens with zero attached hydrogens (tertiary/aromatic N) is 2. The highest BCUT2D eigenvalue weighted by Gasteiger charge is 2.29. The molecule has 178 valence electrons. The Morgan fingerprint density at radius 2 is 1.47 bits per heavy atom. The summed E-state index contributed by atoms with van der Waals surface area (Å²) in [5.74, 6) is -1.01. The first-order chi connectivity index (χ1) is 16.3. The number of amides is 1. The molecule has 1 N–H and O–H groups in total. The molecular formula is C25H25F2N3O3S. The number of hydrogen-bond donors (Lipinski definition) is 1. The largest absolute Gasteiger partial charge is 0.369 e. The molecule has 1 saturated heterocycles. The van der Waals surface area contributed by atoms with E-state index in [2.05, 4.69) is 5.32 Å². The Kier molecular flexibility index (Phi) is 7.23. The first kappa shape index (κ1) is 23.8. The monoisotopic (exact) mass is 485 g/mol. The van der Waals surface area contributed by atoms with Crippen LogP contribution in [0.5, 0.6) is 0 Å². The van der Waals surface area contributed by atoms with Crippen molar-refractivity contribution in [3.05, 3.63) is 95.6 Å². The van der Waals surface area contributed by atoms with Crippen LogP contribution in [0.2, 0.25) is 0 Å². The lowest BCUT2D eigenvalue weighted by Gasteiger charge is -2.35. The molecule has 0 radical (unpaired) electrons. The molecule has 1 fully saturated rings. The summed E-state index contributed by atoms with van der Waals surface area (Å²) in [6.07, 6.45) is 0.530. The van der Waals surface area contributed by atoms with Gasteiger partial charge in [0.2, 0.25) is 10.0 Å². The summed E-state index contributed by atoms with van der Waals surface area (Å²) in [6, 6.07) is 18.2. The topological polar surface area (TPSA) is 69.7 Å². The lowest BCUT2D eigenvalue weighted by Crippen LogP contribution is -2.48. The number of piperazine rings is 1. The third-order valence-corrected chi connectivity index (χ3v) is 7.67. The van der Waals surface area contributed by atoms with Gasteiger partial charge < -0.3 is 10.2 Å². The van der Waals surface area contributed by atoms with Crippen LogP contribution in [0.4, 0.5) is 14.5 Å². The fraction of sp³-hybridized carbons (Fsp3) is 0.240. The van der Waals surface area contributed by atoms with Crippen LogP contribution in [0.25, 0.3) is 0 Å². The van der Waals surface area contributed by atoms with E-state index in [0.717, 1.165) is 11.3 Å². The molecule has 0 aromatic heterocycles. The van der Waals surface area contributed by atoms with Gasteiger partial charge in [-0.1, -0.05) is 18.2 Å². The molecule has 0 spiro atoms. The third-order valence-electron chi connectivity index (χ3n) is 5.78. The van der Waals surface area contributed by atoms with Gasteiger partial charge in [-0.05, 0) is 66.6 Å². The van der Waals surface area contributed by atoms with E-state index in [9.17, 15) is 22.0 Å². The molecule has 1 amide bonds. The van der Waals surface area contributed by atoms with Crippen LogP contribution in [0, 0.1) is 11.6 Å². The van der Waals surface area contributed by atoms with E-state index < -0.39 is 10.0 Å². The van der Waals surface area contributed by atoms with Crippen molar-refractivity contribution in [3.63, 3.8) is 0 Å². The van der Waals surface area contributed by atoms with Crippen molar-refractivity contribution in [3.8, 4) is 0 Å². The number of nitrogens with one attached hydrogen (secondary N) is 1. The van der Waals surface area contributed by atoms with Crippen molar-refractivity contribution in [1.29, 1.82) is 0 Å². The van der Waals surface area contributed by atoms with Crippen molar-refractivity contribution in [2.45, 2.75) is 11.3 Å². The molecule has 0 saturated carbocycles. The number of rotatable bonds is 7. The van der Waals surface area contributed by atoms with Gasteiger partial charge in [0.25, 0.3) is 5.91 Å². The summed E-state index contributed by atoms with van der Waals surface area (Å²) >= 11 is 0. The fourth-order valence-electron chi connectivity index (χ4n) is 3.86. The average Bonchev–Trinajstić information content (AvgIpc) is 2.86. The normalized spacial score (nSPS) is 14.7. The zero-order valence-corrected chi connectivity index (χ0v) is 19.3. The predicted molar refractivity (Wildman–Crippen MR) is 126 cm³/mol. The molecule has 0 bridgehead atoms. The number of carbonyl (C=O) groups excluding carboxylic acids is 1. The highest BCUT2D eigenvalue weighted by atomic mass is 32.2. The van der Waals surface area contributed by atoms with Crippen LogP contribution >= 0.6 is 0 Å². The third kappa shape index (κ3) is 5.60. The Balaban J connectivity index is 1.36. The van der Waals surface area contributed by atoms with Crippen molar-refractivity contribution in [2.75, 3.05) is 37.6 Å². The van der Waals surface area contributed by atoms with Crippen molar-refractivity contribution >= 4 is 21.6 Å². The minimum absolute atomic E-state index is 0.0638. The number of hydrogen-bond acceptors (Lipinski definition) is 4. The van der Waals surface area contributed by atoms with E-state index in [0.29, 0.717) is 26.1 Å². The second-order valence-electron chi connectivity index (χ2n) is 8.03. The molecule has 1 heterocycles. The fourth-order valence-corrected chi connectivity index (χ4v) is 5.33. The molecule has 0 aliphatic carbocycles. The van der Waals surface area contributed by atoms with E-state index in [4.69, 9.17) is 0 Å². The van der Waals surface area contributed by atoms with Gasteiger partial charge in [-0.25, -0.2) is 17.2 Å². The van der Waals surface area contributed by atoms with Crippen LogP contribution in [0.15, 0.2) is 77.7 Å².